The number of benzene rings is 3. The molecule has 0 saturated heterocycles. The Hall–Kier alpha value is -3.16. The molecule has 1 N–H and O–H groups in total. The Balaban J connectivity index is 0.00000308. The lowest BCUT2D eigenvalue weighted by Crippen LogP contribution is -2.36. The van der Waals surface area contributed by atoms with Crippen molar-refractivity contribution in [3.05, 3.63) is 77.4 Å². The number of ether oxygens (including phenoxy) is 2. The zero-order valence-electron chi connectivity index (χ0n) is 21.7. The van der Waals surface area contributed by atoms with Gasteiger partial charge < -0.3 is 9.47 Å². The molecule has 200 valence electrons. The van der Waals surface area contributed by atoms with E-state index in [0.29, 0.717) is 12.2 Å². The Kier molecular flexibility index (Phi) is 6.52. The van der Waals surface area contributed by atoms with Gasteiger partial charge in [-0.3, -0.25) is 4.79 Å². The lowest BCUT2D eigenvalue weighted by molar-refractivity contribution is -0.120. The van der Waals surface area contributed by atoms with E-state index in [1.165, 1.54) is 6.42 Å². The van der Waals surface area contributed by atoms with Crippen LogP contribution in [0, 0.1) is 6.92 Å². The number of fused-ring (bicyclic) bond motifs is 1. The van der Waals surface area contributed by atoms with E-state index in [0.717, 1.165) is 72.1 Å². The van der Waals surface area contributed by atoms with Crippen molar-refractivity contribution in [1.29, 1.82) is 0 Å². The van der Waals surface area contributed by atoms with E-state index in [4.69, 9.17) is 9.47 Å². The van der Waals surface area contributed by atoms with Crippen molar-refractivity contribution in [3.8, 4) is 22.6 Å². The lowest BCUT2D eigenvalue weighted by Gasteiger charge is -2.22. The van der Waals surface area contributed by atoms with Crippen molar-refractivity contribution in [2.45, 2.75) is 74.6 Å². The van der Waals surface area contributed by atoms with Crippen LogP contribution in [0.25, 0.3) is 11.1 Å². The van der Waals surface area contributed by atoms with Gasteiger partial charge >= 0.3 is 0 Å². The molecule has 7 heteroatoms. The first-order chi connectivity index (χ1) is 18.3. The second-order valence-electron chi connectivity index (χ2n) is 10.9. The summed E-state index contributed by atoms with van der Waals surface area (Å²) in [6, 6.07) is 19.0. The van der Waals surface area contributed by atoms with E-state index in [2.05, 4.69) is 10.8 Å². The van der Waals surface area contributed by atoms with Crippen LogP contribution in [-0.2, 0) is 26.7 Å². The minimum absolute atomic E-state index is 0. The van der Waals surface area contributed by atoms with Crippen molar-refractivity contribution in [2.75, 3.05) is 6.79 Å². The molecular formula is C31H35NO5S. The molecule has 0 atom stereocenters. The number of nitrogens with one attached hydrogen (secondary N) is 1. The van der Waals surface area contributed by atoms with Crippen LogP contribution >= 0.6 is 0 Å². The Morgan fingerprint density at radius 2 is 1.68 bits per heavy atom. The van der Waals surface area contributed by atoms with Gasteiger partial charge in [0.05, 0.1) is 10.3 Å². The average Bonchev–Trinajstić information content (AvgIpc) is 3.61. The molecule has 2 fully saturated rings. The quantitative estimate of drug-likeness (QED) is 0.379. The molecule has 2 aliphatic carbocycles. The third-order valence-electron chi connectivity index (χ3n) is 8.28. The highest BCUT2D eigenvalue weighted by atomic mass is 32.2. The molecule has 6 rings (SSSR count). The summed E-state index contributed by atoms with van der Waals surface area (Å²) in [5.41, 5.74) is 4.52. The Bertz CT molecular complexity index is 1480. The van der Waals surface area contributed by atoms with Crippen LogP contribution in [0.3, 0.4) is 0 Å². The van der Waals surface area contributed by atoms with Gasteiger partial charge in [-0.1, -0.05) is 55.7 Å². The topological polar surface area (TPSA) is 81.7 Å². The predicted octanol–water partition coefficient (Wildman–Crippen LogP) is 6.09. The van der Waals surface area contributed by atoms with Crippen molar-refractivity contribution in [3.63, 3.8) is 0 Å². The van der Waals surface area contributed by atoms with Crippen LogP contribution in [0.15, 0.2) is 65.6 Å². The average molecular weight is 534 g/mol. The maximum absolute atomic E-state index is 13.5. The standard InChI is InChI=1S/C31H33NO5S.H2/c1-21-7-8-22(18-30(33)31(15-16-31)24-11-14-28-29(19-24)37-20-36-28)17-27(21)23-9-12-26(13-10-23)38(34,35)32-25-5-3-2-4-6-25;/h7-14,17,19,25,32H,2-6,15-16,18,20H2,1H3;1H. The van der Waals surface area contributed by atoms with E-state index in [-0.39, 0.29) is 24.9 Å². The summed E-state index contributed by atoms with van der Waals surface area (Å²) < 4.78 is 39.6. The van der Waals surface area contributed by atoms with Crippen LogP contribution in [-0.4, -0.2) is 27.0 Å². The summed E-state index contributed by atoms with van der Waals surface area (Å²) in [6.07, 6.45) is 7.15. The predicted molar refractivity (Wildman–Crippen MR) is 148 cm³/mol. The van der Waals surface area contributed by atoms with Gasteiger partial charge in [0.2, 0.25) is 16.8 Å². The fourth-order valence-electron chi connectivity index (χ4n) is 5.81. The van der Waals surface area contributed by atoms with Gasteiger partial charge in [-0.2, -0.15) is 0 Å². The van der Waals surface area contributed by atoms with Crippen LogP contribution in [0.4, 0.5) is 0 Å². The molecule has 0 aromatic heterocycles. The summed E-state index contributed by atoms with van der Waals surface area (Å²) in [6.45, 7) is 2.25. The highest BCUT2D eigenvalue weighted by Gasteiger charge is 2.50. The van der Waals surface area contributed by atoms with E-state index < -0.39 is 15.4 Å². The second-order valence-corrected chi connectivity index (χ2v) is 12.6. The van der Waals surface area contributed by atoms with Gasteiger partial charge in [0.1, 0.15) is 5.78 Å². The number of hydrogen-bond acceptors (Lipinski definition) is 5. The van der Waals surface area contributed by atoms with Crippen molar-refractivity contribution in [2.24, 2.45) is 0 Å². The molecule has 0 unspecified atom stereocenters. The fourth-order valence-corrected chi connectivity index (χ4v) is 7.12. The number of sulfonamides is 1. The van der Waals surface area contributed by atoms with Gasteiger partial charge in [0.25, 0.3) is 0 Å². The molecule has 0 spiro atoms. The molecule has 3 aromatic carbocycles. The molecule has 0 radical (unpaired) electrons. The molecule has 1 heterocycles. The third-order valence-corrected chi connectivity index (χ3v) is 9.81. The highest BCUT2D eigenvalue weighted by Crippen LogP contribution is 2.51. The van der Waals surface area contributed by atoms with Gasteiger partial charge in [-0.15, -0.1) is 0 Å². The summed E-state index contributed by atoms with van der Waals surface area (Å²) in [5, 5.41) is 0. The van der Waals surface area contributed by atoms with Crippen LogP contribution in [0.1, 0.15) is 63.1 Å². The van der Waals surface area contributed by atoms with E-state index in [1.807, 2.05) is 49.4 Å². The summed E-state index contributed by atoms with van der Waals surface area (Å²) in [4.78, 5) is 13.8. The van der Waals surface area contributed by atoms with Gasteiger partial charge in [0.15, 0.2) is 11.5 Å². The van der Waals surface area contributed by atoms with E-state index >= 15 is 0 Å². The zero-order valence-corrected chi connectivity index (χ0v) is 22.5. The first kappa shape index (κ1) is 25.1. The van der Waals surface area contributed by atoms with Crippen molar-refractivity contribution < 1.29 is 24.1 Å². The Morgan fingerprint density at radius 3 is 2.42 bits per heavy atom. The maximum atomic E-state index is 13.5. The number of aryl methyl sites for hydroxylation is 1. The minimum atomic E-state index is -3.54. The largest absolute Gasteiger partial charge is 0.454 e. The lowest BCUT2D eigenvalue weighted by atomic mass is 9.87. The molecule has 6 nitrogen and oxygen atoms in total. The summed E-state index contributed by atoms with van der Waals surface area (Å²) >= 11 is 0. The number of carbonyl (C=O) groups is 1. The van der Waals surface area contributed by atoms with Gasteiger partial charge in [0, 0.05) is 13.9 Å². The van der Waals surface area contributed by atoms with E-state index in [1.54, 1.807) is 12.1 Å². The SMILES string of the molecule is Cc1ccc(CC(=O)C2(c3ccc4c(c3)OCO4)CC2)cc1-c1ccc(S(=O)(=O)NC2CCCCC2)cc1.[HH]. The molecular weight excluding hydrogens is 498 g/mol. The summed E-state index contributed by atoms with van der Waals surface area (Å²) in [7, 11) is -3.54. The van der Waals surface area contributed by atoms with Crippen LogP contribution in [0.5, 0.6) is 11.5 Å². The van der Waals surface area contributed by atoms with Crippen LogP contribution in [0.2, 0.25) is 0 Å². The molecule has 38 heavy (non-hydrogen) atoms. The molecule has 0 amide bonds. The fraction of sp³-hybridized carbons (Fsp3) is 0.387. The summed E-state index contributed by atoms with van der Waals surface area (Å²) in [5.74, 6) is 1.64. The monoisotopic (exact) mass is 533 g/mol. The number of carbonyl (C=O) groups excluding carboxylic acids is 1. The zero-order chi connectivity index (χ0) is 26.3. The first-order valence-corrected chi connectivity index (χ1v) is 15.0. The normalized spacial score (nSPS) is 18.3. The van der Waals surface area contributed by atoms with Crippen molar-refractivity contribution >= 4 is 15.8 Å². The van der Waals surface area contributed by atoms with Crippen LogP contribution < -0.4 is 14.2 Å². The third kappa shape index (κ3) is 4.85. The number of Topliss-reactive ketones (excluding diaryl/α,β-unsaturated/α-hetero) is 1. The molecule has 3 aromatic rings. The maximum Gasteiger partial charge on any atom is 0.240 e. The molecule has 3 aliphatic rings. The highest BCUT2D eigenvalue weighted by molar-refractivity contribution is 7.89. The number of hydrogen-bond donors (Lipinski definition) is 1. The molecule has 2 saturated carbocycles. The molecule has 1 aliphatic heterocycles. The Morgan fingerprint density at radius 1 is 0.947 bits per heavy atom. The Labute approximate surface area is 225 Å². The van der Waals surface area contributed by atoms with E-state index in [9.17, 15) is 13.2 Å². The minimum Gasteiger partial charge on any atom is -0.454 e. The molecule has 0 bridgehead atoms. The van der Waals surface area contributed by atoms with Gasteiger partial charge in [-0.25, -0.2) is 13.1 Å². The second kappa shape index (κ2) is 9.86. The van der Waals surface area contributed by atoms with Gasteiger partial charge in [-0.05, 0) is 84.7 Å². The first-order valence-electron chi connectivity index (χ1n) is 13.5. The number of rotatable bonds is 8. The van der Waals surface area contributed by atoms with Crippen molar-refractivity contribution in [1.82, 2.24) is 4.72 Å². The smallest absolute Gasteiger partial charge is 0.240 e. The number of ketones is 1.